The Morgan fingerprint density at radius 2 is 1.67 bits per heavy atom. The Balaban J connectivity index is 0.000000196. The number of halogens is 1. The molecule has 2 fully saturated rings. The molecule has 1 saturated heterocycles. The monoisotopic (exact) mass is 649 g/mol. The molecule has 9 nitrogen and oxygen atoms in total. The Morgan fingerprint density at radius 1 is 0.957 bits per heavy atom. The van der Waals surface area contributed by atoms with Gasteiger partial charge in [-0.3, -0.25) is 19.4 Å². The van der Waals surface area contributed by atoms with Crippen LogP contribution in [0.5, 0.6) is 11.5 Å². The van der Waals surface area contributed by atoms with Gasteiger partial charge >= 0.3 is 0 Å². The van der Waals surface area contributed by atoms with Crippen LogP contribution in [0.2, 0.25) is 5.02 Å². The van der Waals surface area contributed by atoms with Crippen molar-refractivity contribution in [3.63, 3.8) is 0 Å². The van der Waals surface area contributed by atoms with Gasteiger partial charge in [-0.1, -0.05) is 49.1 Å². The highest BCUT2D eigenvalue weighted by Gasteiger charge is 2.27. The van der Waals surface area contributed by atoms with Crippen molar-refractivity contribution >= 4 is 34.9 Å². The van der Waals surface area contributed by atoms with E-state index in [1.54, 1.807) is 18.2 Å². The molecule has 0 radical (unpaired) electrons. The van der Waals surface area contributed by atoms with Crippen molar-refractivity contribution in [2.75, 3.05) is 50.6 Å². The number of amides is 2. The Bertz CT molecular complexity index is 1410. The lowest BCUT2D eigenvalue weighted by Gasteiger charge is -2.36. The van der Waals surface area contributed by atoms with E-state index >= 15 is 0 Å². The quantitative estimate of drug-likeness (QED) is 0.344. The first-order valence-corrected chi connectivity index (χ1v) is 16.5. The highest BCUT2D eigenvalue weighted by atomic mass is 35.5. The molecule has 1 N–H and O–H groups in total. The molecule has 3 aromatic rings. The molecule has 10 heteroatoms. The van der Waals surface area contributed by atoms with Gasteiger partial charge in [0.25, 0.3) is 0 Å². The molecule has 3 aliphatic rings. The molecular weight excluding hydrogens is 602 g/mol. The standard InChI is InChI=1S/C20H25N3O3.C10H18N2O.C6H5Cl/c1-13(2)26-18-9-15-12-23(19-7-6-16(11-21-19)22(3)4)20(24)10-14(15)8-17(18)25-5;13-10-8-12(7-6-11-10)9-4-2-1-3-5-9;7-6-4-2-1-3-5-6/h6-9,11,13H,10,12H2,1-5H3;9H,1-8H2,(H,11,13);1-5H. The molecule has 1 aliphatic carbocycles. The fraction of sp³-hybridized carbons (Fsp3) is 0.472. The van der Waals surface area contributed by atoms with Gasteiger partial charge in [-0.15, -0.1) is 0 Å². The zero-order valence-electron chi connectivity index (χ0n) is 27.8. The summed E-state index contributed by atoms with van der Waals surface area (Å²) in [6, 6.07) is 17.9. The lowest BCUT2D eigenvalue weighted by Crippen LogP contribution is -2.51. The number of ether oxygens (including phenoxy) is 2. The van der Waals surface area contributed by atoms with E-state index in [-0.39, 0.29) is 17.9 Å². The maximum Gasteiger partial charge on any atom is 0.234 e. The minimum atomic E-state index is 0.0298. The molecule has 0 atom stereocenters. The highest BCUT2D eigenvalue weighted by molar-refractivity contribution is 6.30. The first-order chi connectivity index (χ1) is 22.1. The number of benzene rings is 2. The molecule has 0 spiro atoms. The smallest absolute Gasteiger partial charge is 0.234 e. The average molecular weight is 650 g/mol. The van der Waals surface area contributed by atoms with Gasteiger partial charge in [-0.2, -0.15) is 0 Å². The van der Waals surface area contributed by atoms with Crippen molar-refractivity contribution in [1.29, 1.82) is 0 Å². The third kappa shape index (κ3) is 10.1. The number of methoxy groups -OCH3 is 1. The Kier molecular flexibility index (Phi) is 13.1. The summed E-state index contributed by atoms with van der Waals surface area (Å²) < 4.78 is 11.3. The fourth-order valence-corrected chi connectivity index (χ4v) is 5.97. The van der Waals surface area contributed by atoms with Gasteiger partial charge in [0.1, 0.15) is 5.82 Å². The highest BCUT2D eigenvalue weighted by Crippen LogP contribution is 2.35. The number of anilines is 2. The number of hydrogen-bond donors (Lipinski definition) is 1. The molecule has 1 saturated carbocycles. The van der Waals surface area contributed by atoms with Crippen molar-refractivity contribution in [2.24, 2.45) is 0 Å². The fourth-order valence-electron chi connectivity index (χ4n) is 5.82. The average Bonchev–Trinajstić information content (AvgIpc) is 3.05. The topological polar surface area (TPSA) is 87.2 Å². The summed E-state index contributed by atoms with van der Waals surface area (Å²) in [4.78, 5) is 34.3. The molecular formula is C36H48ClN5O4. The van der Waals surface area contributed by atoms with Crippen molar-refractivity contribution in [3.05, 3.63) is 76.9 Å². The van der Waals surface area contributed by atoms with E-state index in [4.69, 9.17) is 21.1 Å². The third-order valence-corrected chi connectivity index (χ3v) is 8.49. The maximum atomic E-state index is 12.6. The number of carbonyl (C=O) groups is 2. The number of fused-ring (bicyclic) bond motifs is 1. The van der Waals surface area contributed by atoms with Crippen LogP contribution in [-0.4, -0.2) is 74.7 Å². The molecule has 0 bridgehead atoms. The van der Waals surface area contributed by atoms with E-state index < -0.39 is 0 Å². The van der Waals surface area contributed by atoms with E-state index in [1.165, 1.54) is 32.1 Å². The second kappa shape index (κ2) is 17.2. The summed E-state index contributed by atoms with van der Waals surface area (Å²) in [6.45, 7) is 6.95. The van der Waals surface area contributed by atoms with E-state index in [2.05, 4.69) is 15.2 Å². The number of nitrogens with one attached hydrogen (secondary N) is 1. The zero-order chi connectivity index (χ0) is 33.1. The van der Waals surface area contributed by atoms with E-state index in [0.29, 0.717) is 42.9 Å². The lowest BCUT2D eigenvalue weighted by molar-refractivity contribution is -0.125. The van der Waals surface area contributed by atoms with Crippen molar-refractivity contribution in [3.8, 4) is 11.5 Å². The minimum absolute atomic E-state index is 0.0298. The SMILES string of the molecule is COc1cc2c(cc1OC(C)C)CN(c1ccc(N(C)C)cn1)C(=O)C2.Clc1ccccc1.O=C1CN(C2CCCCC2)CCN1. The normalized spacial score (nSPS) is 16.7. The molecule has 0 unspecified atom stereocenters. The van der Waals surface area contributed by atoms with Crippen LogP contribution in [0.25, 0.3) is 0 Å². The molecule has 2 aliphatic heterocycles. The lowest BCUT2D eigenvalue weighted by atomic mass is 9.94. The molecule has 6 rings (SSSR count). The molecule has 2 aromatic carbocycles. The number of nitrogens with zero attached hydrogens (tertiary/aromatic N) is 4. The summed E-state index contributed by atoms with van der Waals surface area (Å²) in [5.41, 5.74) is 3.03. The summed E-state index contributed by atoms with van der Waals surface area (Å²) >= 11 is 5.54. The second-order valence-corrected chi connectivity index (χ2v) is 12.7. The third-order valence-electron chi connectivity index (χ3n) is 8.24. The van der Waals surface area contributed by atoms with Gasteiger partial charge in [0.15, 0.2) is 11.5 Å². The first kappa shape index (κ1) is 35.0. The summed E-state index contributed by atoms with van der Waals surface area (Å²) in [7, 11) is 5.54. The van der Waals surface area contributed by atoms with Gasteiger partial charge in [0.05, 0.1) is 44.6 Å². The van der Waals surface area contributed by atoms with Crippen molar-refractivity contribution < 1.29 is 19.1 Å². The van der Waals surface area contributed by atoms with E-state index in [1.807, 2.05) is 87.4 Å². The van der Waals surface area contributed by atoms with Crippen molar-refractivity contribution in [2.45, 2.75) is 71.1 Å². The molecule has 1 aromatic heterocycles. The van der Waals surface area contributed by atoms with Gasteiger partial charge in [-0.25, -0.2) is 4.98 Å². The summed E-state index contributed by atoms with van der Waals surface area (Å²) in [5, 5.41) is 3.66. The summed E-state index contributed by atoms with van der Waals surface area (Å²) in [6.07, 6.45) is 8.83. The number of hydrogen-bond acceptors (Lipinski definition) is 7. The van der Waals surface area contributed by atoms with Gasteiger partial charge in [0.2, 0.25) is 11.8 Å². The number of pyridine rings is 1. The van der Waals surface area contributed by atoms with Crippen LogP contribution in [0.15, 0.2) is 60.8 Å². The Labute approximate surface area is 278 Å². The zero-order valence-corrected chi connectivity index (χ0v) is 28.6. The summed E-state index contributed by atoms with van der Waals surface area (Å²) in [5.74, 6) is 2.26. The minimum Gasteiger partial charge on any atom is -0.493 e. The van der Waals surface area contributed by atoms with Crippen LogP contribution in [-0.2, 0) is 22.6 Å². The van der Waals surface area contributed by atoms with Crippen LogP contribution >= 0.6 is 11.6 Å². The maximum absolute atomic E-state index is 12.6. The van der Waals surface area contributed by atoms with Crippen LogP contribution in [0, 0.1) is 0 Å². The van der Waals surface area contributed by atoms with Crippen LogP contribution in [0.4, 0.5) is 11.5 Å². The predicted octanol–water partition coefficient (Wildman–Crippen LogP) is 6.12. The molecule has 248 valence electrons. The molecule has 2 amide bonds. The van der Waals surface area contributed by atoms with Crippen LogP contribution < -0.4 is 24.6 Å². The number of rotatable bonds is 6. The largest absolute Gasteiger partial charge is 0.493 e. The predicted molar refractivity (Wildman–Crippen MR) is 185 cm³/mol. The number of carbonyl (C=O) groups excluding carboxylic acids is 2. The van der Waals surface area contributed by atoms with Gasteiger partial charge in [-0.05, 0) is 74.2 Å². The molecule has 3 heterocycles. The van der Waals surface area contributed by atoms with Gasteiger partial charge < -0.3 is 19.7 Å². The van der Waals surface area contributed by atoms with Crippen molar-refractivity contribution in [1.82, 2.24) is 15.2 Å². The number of aromatic nitrogens is 1. The van der Waals surface area contributed by atoms with Crippen LogP contribution in [0.1, 0.15) is 57.1 Å². The van der Waals surface area contributed by atoms with Crippen LogP contribution in [0.3, 0.4) is 0 Å². The van der Waals surface area contributed by atoms with E-state index in [9.17, 15) is 9.59 Å². The van der Waals surface area contributed by atoms with Gasteiger partial charge in [0, 0.05) is 38.2 Å². The second-order valence-electron chi connectivity index (χ2n) is 12.3. The first-order valence-electron chi connectivity index (χ1n) is 16.2. The number of piperazine rings is 1. The Morgan fingerprint density at radius 3 is 2.24 bits per heavy atom. The Hall–Kier alpha value is -3.82. The molecule has 46 heavy (non-hydrogen) atoms. The van der Waals surface area contributed by atoms with E-state index in [0.717, 1.165) is 34.9 Å².